The summed E-state index contributed by atoms with van der Waals surface area (Å²) in [7, 11) is 0. The summed E-state index contributed by atoms with van der Waals surface area (Å²) in [6, 6.07) is 7.89. The molecule has 0 aliphatic carbocycles. The fraction of sp³-hybridized carbons (Fsp3) is 0.438. The number of carbonyl (C=O) groups excluding carboxylic acids is 1. The van der Waals surface area contributed by atoms with Gasteiger partial charge in [-0.2, -0.15) is 4.98 Å². The van der Waals surface area contributed by atoms with Gasteiger partial charge in [0.25, 0.3) is 0 Å². The lowest BCUT2D eigenvalue weighted by molar-refractivity contribution is -0.121. The molecule has 1 heterocycles. The predicted molar refractivity (Wildman–Crippen MR) is 93.2 cm³/mol. The van der Waals surface area contributed by atoms with E-state index >= 15 is 0 Å². The summed E-state index contributed by atoms with van der Waals surface area (Å²) in [6.07, 6.45) is 0.803. The molecule has 0 unspecified atom stereocenters. The number of nitrogens with zero attached hydrogens (tertiary/aromatic N) is 2. The van der Waals surface area contributed by atoms with Gasteiger partial charge in [0.2, 0.25) is 17.6 Å². The maximum atomic E-state index is 11.8. The first kappa shape index (κ1) is 16.9. The number of carbonyl (C=O) groups is 1. The molecule has 2 rings (SSSR count). The maximum absolute atomic E-state index is 11.8. The van der Waals surface area contributed by atoms with Gasteiger partial charge in [-0.3, -0.25) is 4.79 Å². The van der Waals surface area contributed by atoms with Crippen molar-refractivity contribution in [2.45, 2.75) is 33.6 Å². The van der Waals surface area contributed by atoms with Gasteiger partial charge in [0.1, 0.15) is 0 Å². The molecule has 0 fully saturated rings. The Morgan fingerprint density at radius 3 is 2.59 bits per heavy atom. The standard InChI is InChI=1S/C16H20IN3O2/c1-16(2,3)10-18-13(21)8-9-14-19-15(20-22-14)11-4-6-12(17)7-5-11/h4-7H,8-10H2,1-3H3,(H,18,21). The van der Waals surface area contributed by atoms with Crippen LogP contribution in [0.1, 0.15) is 33.1 Å². The average Bonchev–Trinajstić information content (AvgIpc) is 2.92. The molecule has 0 aliphatic heterocycles. The first-order valence-corrected chi connectivity index (χ1v) is 8.26. The van der Waals surface area contributed by atoms with Crippen LogP contribution in [0.5, 0.6) is 0 Å². The maximum Gasteiger partial charge on any atom is 0.227 e. The zero-order chi connectivity index (χ0) is 16.2. The molecule has 1 aromatic carbocycles. The van der Waals surface area contributed by atoms with Crippen LogP contribution in [0.4, 0.5) is 0 Å². The van der Waals surface area contributed by atoms with Gasteiger partial charge >= 0.3 is 0 Å². The van der Waals surface area contributed by atoms with Crippen LogP contribution in [0, 0.1) is 8.99 Å². The molecule has 0 saturated carbocycles. The van der Waals surface area contributed by atoms with Crippen LogP contribution in [-0.2, 0) is 11.2 Å². The molecule has 5 nitrogen and oxygen atoms in total. The third-order valence-electron chi connectivity index (χ3n) is 2.95. The highest BCUT2D eigenvalue weighted by atomic mass is 127. The second kappa shape index (κ2) is 7.21. The second-order valence-electron chi connectivity index (χ2n) is 6.36. The molecular weight excluding hydrogens is 393 g/mol. The van der Waals surface area contributed by atoms with Crippen LogP contribution in [-0.4, -0.2) is 22.6 Å². The highest BCUT2D eigenvalue weighted by Crippen LogP contribution is 2.17. The van der Waals surface area contributed by atoms with E-state index < -0.39 is 0 Å². The topological polar surface area (TPSA) is 68.0 Å². The van der Waals surface area contributed by atoms with Crippen LogP contribution in [0.15, 0.2) is 28.8 Å². The summed E-state index contributed by atoms with van der Waals surface area (Å²) in [4.78, 5) is 16.1. The summed E-state index contributed by atoms with van der Waals surface area (Å²) >= 11 is 2.25. The minimum absolute atomic E-state index is 0.00365. The summed E-state index contributed by atoms with van der Waals surface area (Å²) in [5.41, 5.74) is 0.991. The third-order valence-corrected chi connectivity index (χ3v) is 3.67. The van der Waals surface area contributed by atoms with Crippen molar-refractivity contribution in [3.8, 4) is 11.4 Å². The molecule has 0 radical (unpaired) electrons. The molecule has 1 amide bonds. The van der Waals surface area contributed by atoms with Crippen molar-refractivity contribution in [2.24, 2.45) is 5.41 Å². The van der Waals surface area contributed by atoms with E-state index in [0.29, 0.717) is 31.1 Å². The Hall–Kier alpha value is -1.44. The summed E-state index contributed by atoms with van der Waals surface area (Å²) in [6.45, 7) is 6.90. The van der Waals surface area contributed by atoms with Gasteiger partial charge in [-0.15, -0.1) is 0 Å². The predicted octanol–water partition coefficient (Wildman–Crippen LogP) is 3.44. The van der Waals surface area contributed by atoms with Gasteiger partial charge in [0, 0.05) is 28.5 Å². The van der Waals surface area contributed by atoms with E-state index in [1.807, 2.05) is 24.3 Å². The van der Waals surface area contributed by atoms with Crippen molar-refractivity contribution < 1.29 is 9.32 Å². The van der Waals surface area contributed by atoms with E-state index in [0.717, 1.165) is 9.13 Å². The molecule has 0 aliphatic rings. The van der Waals surface area contributed by atoms with Gasteiger partial charge in [0.05, 0.1) is 0 Å². The highest BCUT2D eigenvalue weighted by Gasteiger charge is 2.13. The highest BCUT2D eigenvalue weighted by molar-refractivity contribution is 14.1. The van der Waals surface area contributed by atoms with Gasteiger partial charge < -0.3 is 9.84 Å². The van der Waals surface area contributed by atoms with Gasteiger partial charge in [-0.25, -0.2) is 0 Å². The molecule has 22 heavy (non-hydrogen) atoms. The van der Waals surface area contributed by atoms with Crippen molar-refractivity contribution in [2.75, 3.05) is 6.54 Å². The van der Waals surface area contributed by atoms with Crippen molar-refractivity contribution >= 4 is 28.5 Å². The number of halogens is 1. The van der Waals surface area contributed by atoms with Crippen molar-refractivity contribution in [1.82, 2.24) is 15.5 Å². The molecule has 0 bridgehead atoms. The molecule has 0 saturated heterocycles. The number of aromatic nitrogens is 2. The van der Waals surface area contributed by atoms with Crippen LogP contribution in [0.2, 0.25) is 0 Å². The van der Waals surface area contributed by atoms with E-state index in [2.05, 4.69) is 58.8 Å². The first-order chi connectivity index (χ1) is 10.3. The Morgan fingerprint density at radius 1 is 1.27 bits per heavy atom. The number of rotatable bonds is 5. The minimum atomic E-state index is 0.00365. The van der Waals surface area contributed by atoms with Crippen molar-refractivity contribution in [3.63, 3.8) is 0 Å². The molecule has 1 aromatic heterocycles. The molecule has 118 valence electrons. The zero-order valence-electron chi connectivity index (χ0n) is 13.0. The number of aryl methyl sites for hydroxylation is 1. The van der Waals surface area contributed by atoms with E-state index in [1.165, 1.54) is 0 Å². The number of amides is 1. The molecule has 1 N–H and O–H groups in total. The minimum Gasteiger partial charge on any atom is -0.356 e. The Morgan fingerprint density at radius 2 is 1.95 bits per heavy atom. The summed E-state index contributed by atoms with van der Waals surface area (Å²) in [5.74, 6) is 1.05. The third kappa shape index (κ3) is 5.40. The molecule has 0 atom stereocenters. The SMILES string of the molecule is CC(C)(C)CNC(=O)CCc1nc(-c2ccc(I)cc2)no1. The number of benzene rings is 1. The van der Waals surface area contributed by atoms with Crippen LogP contribution in [0.3, 0.4) is 0 Å². The largest absolute Gasteiger partial charge is 0.356 e. The Balaban J connectivity index is 1.87. The van der Waals surface area contributed by atoms with E-state index in [1.54, 1.807) is 0 Å². The van der Waals surface area contributed by atoms with Crippen LogP contribution >= 0.6 is 22.6 Å². The Labute approximate surface area is 144 Å². The lowest BCUT2D eigenvalue weighted by Gasteiger charge is -2.18. The smallest absolute Gasteiger partial charge is 0.227 e. The van der Waals surface area contributed by atoms with E-state index in [4.69, 9.17) is 4.52 Å². The monoisotopic (exact) mass is 413 g/mol. The summed E-state index contributed by atoms with van der Waals surface area (Å²) < 4.78 is 6.36. The number of hydrogen-bond donors (Lipinski definition) is 1. The van der Waals surface area contributed by atoms with Crippen molar-refractivity contribution in [1.29, 1.82) is 0 Å². The normalized spacial score (nSPS) is 11.5. The van der Waals surface area contributed by atoms with E-state index in [9.17, 15) is 4.79 Å². The Bertz CT molecular complexity index is 630. The first-order valence-electron chi connectivity index (χ1n) is 7.19. The fourth-order valence-corrected chi connectivity index (χ4v) is 2.10. The number of nitrogens with one attached hydrogen (secondary N) is 1. The molecule has 0 spiro atoms. The van der Waals surface area contributed by atoms with Crippen LogP contribution in [0.25, 0.3) is 11.4 Å². The lowest BCUT2D eigenvalue weighted by Crippen LogP contribution is -2.32. The fourth-order valence-electron chi connectivity index (χ4n) is 1.75. The molecule has 6 heteroatoms. The molecular formula is C16H20IN3O2. The van der Waals surface area contributed by atoms with E-state index in [-0.39, 0.29) is 11.3 Å². The quantitative estimate of drug-likeness (QED) is 0.763. The number of hydrogen-bond acceptors (Lipinski definition) is 4. The van der Waals surface area contributed by atoms with Gasteiger partial charge in [-0.05, 0) is 40.1 Å². The van der Waals surface area contributed by atoms with Crippen molar-refractivity contribution in [3.05, 3.63) is 33.7 Å². The summed E-state index contributed by atoms with van der Waals surface area (Å²) in [5, 5.41) is 6.87. The average molecular weight is 413 g/mol. The zero-order valence-corrected chi connectivity index (χ0v) is 15.2. The van der Waals surface area contributed by atoms with Gasteiger partial charge in [-0.1, -0.05) is 38.1 Å². The van der Waals surface area contributed by atoms with Gasteiger partial charge in [0.15, 0.2) is 0 Å². The lowest BCUT2D eigenvalue weighted by atomic mass is 9.97. The van der Waals surface area contributed by atoms with Crippen LogP contribution < -0.4 is 5.32 Å². The second-order valence-corrected chi connectivity index (χ2v) is 7.60. The molecule has 2 aromatic rings. The Kier molecular flexibility index (Phi) is 5.55.